The lowest BCUT2D eigenvalue weighted by atomic mass is 10.2. The molecule has 2 aromatic rings. The highest BCUT2D eigenvalue weighted by Crippen LogP contribution is 2.16. The maximum Gasteiger partial charge on any atom is 0.250 e. The fourth-order valence-corrected chi connectivity index (χ4v) is 1.31. The van der Waals surface area contributed by atoms with Crippen molar-refractivity contribution in [2.24, 2.45) is 0 Å². The molecular formula is C11H11F2N3O. The summed E-state index contributed by atoms with van der Waals surface area (Å²) in [6.07, 6.45) is -2.38. The van der Waals surface area contributed by atoms with Gasteiger partial charge in [0.25, 0.3) is 6.43 Å². The molecule has 0 atom stereocenters. The molecule has 0 saturated carbocycles. The smallest absolute Gasteiger partial charge is 0.250 e. The van der Waals surface area contributed by atoms with Gasteiger partial charge in [0.15, 0.2) is 0 Å². The van der Waals surface area contributed by atoms with Gasteiger partial charge in [0.05, 0.1) is 13.1 Å². The third-order valence-corrected chi connectivity index (χ3v) is 2.06. The van der Waals surface area contributed by atoms with Gasteiger partial charge in [-0.3, -0.25) is 0 Å². The summed E-state index contributed by atoms with van der Waals surface area (Å²) in [6.45, 7) is -0.243. The summed E-state index contributed by atoms with van der Waals surface area (Å²) < 4.78 is 29.1. The molecule has 0 aliphatic carbocycles. The Kier molecular flexibility index (Phi) is 3.77. The molecule has 0 fully saturated rings. The largest absolute Gasteiger partial charge is 0.419 e. The van der Waals surface area contributed by atoms with Crippen molar-refractivity contribution in [2.45, 2.75) is 13.0 Å². The first-order chi connectivity index (χ1) is 8.25. The van der Waals surface area contributed by atoms with E-state index in [0.717, 1.165) is 5.56 Å². The van der Waals surface area contributed by atoms with Crippen LogP contribution >= 0.6 is 0 Å². The van der Waals surface area contributed by atoms with E-state index in [4.69, 9.17) is 4.42 Å². The van der Waals surface area contributed by atoms with E-state index in [2.05, 4.69) is 15.5 Å². The molecule has 6 heteroatoms. The number of aromatic nitrogens is 2. The van der Waals surface area contributed by atoms with Gasteiger partial charge in [-0.25, -0.2) is 8.78 Å². The van der Waals surface area contributed by atoms with Gasteiger partial charge in [-0.2, -0.15) is 0 Å². The number of hydrogen-bond donors (Lipinski definition) is 1. The van der Waals surface area contributed by atoms with Crippen molar-refractivity contribution in [1.82, 2.24) is 15.5 Å². The minimum atomic E-state index is -2.38. The van der Waals surface area contributed by atoms with Gasteiger partial charge in [-0.1, -0.05) is 18.2 Å². The van der Waals surface area contributed by atoms with E-state index in [0.29, 0.717) is 11.8 Å². The highest BCUT2D eigenvalue weighted by Gasteiger charge is 2.08. The zero-order chi connectivity index (χ0) is 12.1. The molecule has 0 saturated heterocycles. The molecule has 0 bridgehead atoms. The van der Waals surface area contributed by atoms with Gasteiger partial charge in [0.1, 0.15) is 0 Å². The minimum absolute atomic E-state index is 0.143. The highest BCUT2D eigenvalue weighted by molar-refractivity contribution is 5.51. The molecule has 0 amide bonds. The van der Waals surface area contributed by atoms with Crippen LogP contribution in [0.4, 0.5) is 8.78 Å². The summed E-state index contributed by atoms with van der Waals surface area (Å²) in [5.74, 6) is 0.684. The van der Waals surface area contributed by atoms with E-state index < -0.39 is 6.43 Å². The first kappa shape index (κ1) is 11.7. The van der Waals surface area contributed by atoms with Crippen LogP contribution in [0.2, 0.25) is 0 Å². The van der Waals surface area contributed by atoms with E-state index in [1.54, 1.807) is 0 Å². The first-order valence-electron chi connectivity index (χ1n) is 5.12. The maximum atomic E-state index is 11.9. The lowest BCUT2D eigenvalue weighted by molar-refractivity contribution is 0.144. The van der Waals surface area contributed by atoms with E-state index in [-0.39, 0.29) is 13.1 Å². The van der Waals surface area contributed by atoms with E-state index in [1.165, 1.54) is 0 Å². The molecule has 0 aliphatic rings. The van der Waals surface area contributed by atoms with Gasteiger partial charge in [0.2, 0.25) is 11.8 Å². The molecule has 2 rings (SSSR count). The Morgan fingerprint density at radius 1 is 1.18 bits per heavy atom. The predicted octanol–water partition coefficient (Wildman–Crippen LogP) is 2.09. The number of nitrogens with one attached hydrogen (secondary N) is 1. The molecular weight excluding hydrogens is 228 g/mol. The Bertz CT molecular complexity index is 459. The molecule has 0 aliphatic heterocycles. The molecule has 17 heavy (non-hydrogen) atoms. The van der Waals surface area contributed by atoms with Crippen LogP contribution in [0.1, 0.15) is 5.89 Å². The van der Waals surface area contributed by atoms with Crippen molar-refractivity contribution < 1.29 is 13.2 Å². The SMILES string of the molecule is FC(F)CNCc1nnc(-c2ccccc2)o1. The van der Waals surface area contributed by atoms with Crippen LogP contribution in [-0.4, -0.2) is 23.2 Å². The Labute approximate surface area is 96.7 Å². The Morgan fingerprint density at radius 2 is 1.94 bits per heavy atom. The molecule has 0 radical (unpaired) electrons. The normalized spacial score (nSPS) is 11.0. The third kappa shape index (κ3) is 3.32. The topological polar surface area (TPSA) is 51.0 Å². The molecule has 4 nitrogen and oxygen atoms in total. The van der Waals surface area contributed by atoms with E-state index in [9.17, 15) is 8.78 Å². The maximum absolute atomic E-state index is 11.9. The number of halogens is 2. The number of rotatable bonds is 5. The van der Waals surface area contributed by atoms with Gasteiger partial charge < -0.3 is 9.73 Å². The number of benzene rings is 1. The summed E-state index contributed by atoms with van der Waals surface area (Å²) in [4.78, 5) is 0. The minimum Gasteiger partial charge on any atom is -0.419 e. The standard InChI is InChI=1S/C11H11F2N3O/c12-9(13)6-14-7-10-15-16-11(17-10)8-4-2-1-3-5-8/h1-5,9,14H,6-7H2. The van der Waals surface area contributed by atoms with E-state index in [1.807, 2.05) is 30.3 Å². The van der Waals surface area contributed by atoms with Crippen LogP contribution in [0, 0.1) is 0 Å². The number of nitrogens with zero attached hydrogens (tertiary/aromatic N) is 2. The van der Waals surface area contributed by atoms with Crippen molar-refractivity contribution in [3.8, 4) is 11.5 Å². The van der Waals surface area contributed by atoms with Crippen molar-refractivity contribution in [1.29, 1.82) is 0 Å². The van der Waals surface area contributed by atoms with Gasteiger partial charge in [-0.05, 0) is 12.1 Å². The average molecular weight is 239 g/mol. The number of hydrogen-bond acceptors (Lipinski definition) is 4. The second-order valence-corrected chi connectivity index (χ2v) is 3.39. The van der Waals surface area contributed by atoms with Crippen LogP contribution in [0.25, 0.3) is 11.5 Å². The highest BCUT2D eigenvalue weighted by atomic mass is 19.3. The fourth-order valence-electron chi connectivity index (χ4n) is 1.31. The zero-order valence-corrected chi connectivity index (χ0v) is 8.94. The predicted molar refractivity (Wildman–Crippen MR) is 57.4 cm³/mol. The van der Waals surface area contributed by atoms with Gasteiger partial charge in [-0.15, -0.1) is 10.2 Å². The Balaban J connectivity index is 1.97. The van der Waals surface area contributed by atoms with Crippen molar-refractivity contribution in [2.75, 3.05) is 6.54 Å². The first-order valence-corrected chi connectivity index (χ1v) is 5.12. The van der Waals surface area contributed by atoms with Crippen LogP contribution in [0.3, 0.4) is 0 Å². The molecule has 1 aromatic carbocycles. The van der Waals surface area contributed by atoms with Crippen molar-refractivity contribution in [3.05, 3.63) is 36.2 Å². The van der Waals surface area contributed by atoms with Gasteiger partial charge in [0, 0.05) is 5.56 Å². The van der Waals surface area contributed by atoms with E-state index >= 15 is 0 Å². The van der Waals surface area contributed by atoms with Crippen LogP contribution in [0.5, 0.6) is 0 Å². The zero-order valence-electron chi connectivity index (χ0n) is 8.94. The Hall–Kier alpha value is -1.82. The third-order valence-electron chi connectivity index (χ3n) is 2.06. The summed E-state index contributed by atoms with van der Waals surface area (Å²) in [7, 11) is 0. The summed E-state index contributed by atoms with van der Waals surface area (Å²) >= 11 is 0. The van der Waals surface area contributed by atoms with Crippen LogP contribution in [-0.2, 0) is 6.54 Å². The summed E-state index contributed by atoms with van der Waals surface area (Å²) in [6, 6.07) is 9.27. The van der Waals surface area contributed by atoms with Crippen LogP contribution < -0.4 is 5.32 Å². The molecule has 1 aromatic heterocycles. The molecule has 1 N–H and O–H groups in total. The van der Waals surface area contributed by atoms with Crippen LogP contribution in [0.15, 0.2) is 34.7 Å². The summed E-state index contributed by atoms with van der Waals surface area (Å²) in [5, 5.41) is 10.1. The fraction of sp³-hybridized carbons (Fsp3) is 0.273. The second-order valence-electron chi connectivity index (χ2n) is 3.39. The second kappa shape index (κ2) is 5.49. The van der Waals surface area contributed by atoms with Crippen molar-refractivity contribution in [3.63, 3.8) is 0 Å². The monoisotopic (exact) mass is 239 g/mol. The molecule has 0 unspecified atom stereocenters. The lowest BCUT2D eigenvalue weighted by Gasteiger charge is -1.98. The van der Waals surface area contributed by atoms with Gasteiger partial charge >= 0.3 is 0 Å². The Morgan fingerprint density at radius 3 is 2.65 bits per heavy atom. The summed E-state index contributed by atoms with van der Waals surface area (Å²) in [5.41, 5.74) is 0.806. The average Bonchev–Trinajstić information content (AvgIpc) is 2.78. The molecule has 0 spiro atoms. The number of alkyl halides is 2. The molecule has 1 heterocycles. The van der Waals surface area contributed by atoms with Crippen molar-refractivity contribution >= 4 is 0 Å². The lowest BCUT2D eigenvalue weighted by Crippen LogP contribution is -2.20. The quantitative estimate of drug-likeness (QED) is 0.868. The molecule has 90 valence electrons.